The molecule has 0 aromatic heterocycles. The standard InChI is InChI=1S/C11H13BrN2O3/c1-7(15)6-13-10(16)11(17)14-9-4-2-8(12)3-5-9/h2-5,7,15H,6H2,1H3,(H,13,16)(H,14,17). The van der Waals surface area contributed by atoms with Gasteiger partial charge in [0, 0.05) is 16.7 Å². The topological polar surface area (TPSA) is 78.4 Å². The lowest BCUT2D eigenvalue weighted by atomic mass is 10.3. The Balaban J connectivity index is 2.48. The van der Waals surface area contributed by atoms with Crippen molar-refractivity contribution < 1.29 is 14.7 Å². The molecule has 0 radical (unpaired) electrons. The number of aliphatic hydroxyl groups is 1. The molecule has 0 aliphatic rings. The SMILES string of the molecule is CC(O)CNC(=O)C(=O)Nc1ccc(Br)cc1. The van der Waals surface area contributed by atoms with Crippen LogP contribution in [0.3, 0.4) is 0 Å². The second-order valence-corrected chi connectivity index (χ2v) is 4.44. The number of anilines is 1. The van der Waals surface area contributed by atoms with Gasteiger partial charge in [0.05, 0.1) is 6.10 Å². The summed E-state index contributed by atoms with van der Waals surface area (Å²) in [7, 11) is 0. The van der Waals surface area contributed by atoms with Crippen LogP contribution in [0.25, 0.3) is 0 Å². The van der Waals surface area contributed by atoms with E-state index in [0.29, 0.717) is 5.69 Å². The fourth-order valence-electron chi connectivity index (χ4n) is 1.04. The van der Waals surface area contributed by atoms with Crippen LogP contribution in [-0.4, -0.2) is 29.6 Å². The molecule has 0 spiro atoms. The summed E-state index contributed by atoms with van der Waals surface area (Å²) < 4.78 is 0.883. The Hall–Kier alpha value is -1.40. The van der Waals surface area contributed by atoms with E-state index in [0.717, 1.165) is 4.47 Å². The van der Waals surface area contributed by atoms with Gasteiger partial charge in [-0.1, -0.05) is 15.9 Å². The highest BCUT2D eigenvalue weighted by Gasteiger charge is 2.13. The van der Waals surface area contributed by atoms with Crippen molar-refractivity contribution in [3.05, 3.63) is 28.7 Å². The Morgan fingerprint density at radius 1 is 1.29 bits per heavy atom. The zero-order chi connectivity index (χ0) is 12.8. The molecule has 0 fully saturated rings. The smallest absolute Gasteiger partial charge is 0.313 e. The van der Waals surface area contributed by atoms with E-state index < -0.39 is 17.9 Å². The van der Waals surface area contributed by atoms with Gasteiger partial charge >= 0.3 is 11.8 Å². The highest BCUT2D eigenvalue weighted by atomic mass is 79.9. The monoisotopic (exact) mass is 300 g/mol. The van der Waals surface area contributed by atoms with Crippen molar-refractivity contribution in [3.8, 4) is 0 Å². The van der Waals surface area contributed by atoms with Crippen LogP contribution in [0, 0.1) is 0 Å². The second-order valence-electron chi connectivity index (χ2n) is 3.52. The summed E-state index contributed by atoms with van der Waals surface area (Å²) >= 11 is 3.26. The van der Waals surface area contributed by atoms with Gasteiger partial charge in [-0.15, -0.1) is 0 Å². The van der Waals surface area contributed by atoms with Gasteiger partial charge < -0.3 is 15.7 Å². The third kappa shape index (κ3) is 4.97. The summed E-state index contributed by atoms with van der Waals surface area (Å²) in [6.45, 7) is 1.57. The molecule has 17 heavy (non-hydrogen) atoms. The van der Waals surface area contributed by atoms with Crippen molar-refractivity contribution in [1.29, 1.82) is 0 Å². The van der Waals surface area contributed by atoms with Crippen LogP contribution in [0.15, 0.2) is 28.7 Å². The van der Waals surface area contributed by atoms with Crippen molar-refractivity contribution in [3.63, 3.8) is 0 Å². The molecule has 0 aliphatic carbocycles. The van der Waals surface area contributed by atoms with Gasteiger partial charge in [0.2, 0.25) is 0 Å². The number of nitrogens with one attached hydrogen (secondary N) is 2. The predicted molar refractivity (Wildman–Crippen MR) is 67.5 cm³/mol. The largest absolute Gasteiger partial charge is 0.392 e. The first kappa shape index (κ1) is 13.7. The molecule has 6 heteroatoms. The summed E-state index contributed by atoms with van der Waals surface area (Å²) in [4.78, 5) is 22.7. The van der Waals surface area contributed by atoms with Gasteiger partial charge in [-0.25, -0.2) is 0 Å². The van der Waals surface area contributed by atoms with Gasteiger partial charge in [0.15, 0.2) is 0 Å². The predicted octanol–water partition coefficient (Wildman–Crippen LogP) is 0.885. The number of carbonyl (C=O) groups excluding carboxylic acids is 2. The van der Waals surface area contributed by atoms with Gasteiger partial charge in [-0.3, -0.25) is 9.59 Å². The van der Waals surface area contributed by atoms with Gasteiger partial charge in [0.1, 0.15) is 0 Å². The molecule has 0 saturated carbocycles. The molecular formula is C11H13BrN2O3. The van der Waals surface area contributed by atoms with Gasteiger partial charge in [0.25, 0.3) is 0 Å². The first-order chi connectivity index (χ1) is 7.99. The van der Waals surface area contributed by atoms with Crippen molar-refractivity contribution in [2.45, 2.75) is 13.0 Å². The van der Waals surface area contributed by atoms with Crippen LogP contribution >= 0.6 is 15.9 Å². The van der Waals surface area contributed by atoms with Crippen molar-refractivity contribution in [2.24, 2.45) is 0 Å². The average molecular weight is 301 g/mol. The number of hydrogen-bond donors (Lipinski definition) is 3. The van der Waals surface area contributed by atoms with Crippen LogP contribution in [0.4, 0.5) is 5.69 Å². The third-order valence-corrected chi connectivity index (χ3v) is 2.40. The Morgan fingerprint density at radius 3 is 2.41 bits per heavy atom. The van der Waals surface area contributed by atoms with Gasteiger partial charge in [-0.05, 0) is 31.2 Å². The zero-order valence-electron chi connectivity index (χ0n) is 9.24. The molecule has 0 bridgehead atoms. The molecule has 1 unspecified atom stereocenters. The van der Waals surface area contributed by atoms with Crippen LogP contribution in [0.5, 0.6) is 0 Å². The minimum atomic E-state index is -0.770. The quantitative estimate of drug-likeness (QED) is 0.725. The van der Waals surface area contributed by atoms with E-state index >= 15 is 0 Å². The lowest BCUT2D eigenvalue weighted by Crippen LogP contribution is -2.38. The Labute approximate surface area is 107 Å². The van der Waals surface area contributed by atoms with E-state index in [4.69, 9.17) is 5.11 Å². The number of benzene rings is 1. The van der Waals surface area contributed by atoms with E-state index in [2.05, 4.69) is 26.6 Å². The zero-order valence-corrected chi connectivity index (χ0v) is 10.8. The lowest BCUT2D eigenvalue weighted by Gasteiger charge is -2.07. The molecule has 1 aromatic carbocycles. The number of carbonyl (C=O) groups is 2. The highest BCUT2D eigenvalue weighted by molar-refractivity contribution is 9.10. The first-order valence-corrected chi connectivity index (χ1v) is 5.81. The van der Waals surface area contributed by atoms with Crippen LogP contribution < -0.4 is 10.6 Å². The number of hydrogen-bond acceptors (Lipinski definition) is 3. The maximum atomic E-state index is 11.4. The molecule has 0 aliphatic heterocycles. The molecule has 5 nitrogen and oxygen atoms in total. The second kappa shape index (κ2) is 6.36. The maximum Gasteiger partial charge on any atom is 0.313 e. The number of aliphatic hydroxyl groups excluding tert-OH is 1. The Morgan fingerprint density at radius 2 is 1.88 bits per heavy atom. The van der Waals surface area contributed by atoms with Crippen molar-refractivity contribution in [1.82, 2.24) is 5.32 Å². The minimum absolute atomic E-state index is 0.0482. The lowest BCUT2D eigenvalue weighted by molar-refractivity contribution is -0.136. The fraction of sp³-hybridized carbons (Fsp3) is 0.273. The van der Waals surface area contributed by atoms with Crippen molar-refractivity contribution in [2.75, 3.05) is 11.9 Å². The Bertz CT molecular complexity index is 404. The highest BCUT2D eigenvalue weighted by Crippen LogP contribution is 2.13. The van der Waals surface area contributed by atoms with E-state index in [-0.39, 0.29) is 6.54 Å². The first-order valence-electron chi connectivity index (χ1n) is 5.02. The van der Waals surface area contributed by atoms with E-state index in [1.54, 1.807) is 24.3 Å². The van der Waals surface area contributed by atoms with Crippen molar-refractivity contribution >= 4 is 33.4 Å². The molecule has 1 atom stereocenters. The van der Waals surface area contributed by atoms with Crippen LogP contribution in [0.2, 0.25) is 0 Å². The average Bonchev–Trinajstić information content (AvgIpc) is 2.28. The molecule has 0 saturated heterocycles. The van der Waals surface area contributed by atoms with E-state index in [9.17, 15) is 9.59 Å². The summed E-state index contributed by atoms with van der Waals surface area (Å²) in [5, 5.41) is 13.7. The summed E-state index contributed by atoms with van der Waals surface area (Å²) in [5.41, 5.74) is 0.533. The molecule has 3 N–H and O–H groups in total. The summed E-state index contributed by atoms with van der Waals surface area (Å²) in [6.07, 6.45) is -0.681. The van der Waals surface area contributed by atoms with Crippen LogP contribution in [0.1, 0.15) is 6.92 Å². The number of rotatable bonds is 3. The Kier molecular flexibility index (Phi) is 5.11. The van der Waals surface area contributed by atoms with Gasteiger partial charge in [-0.2, -0.15) is 0 Å². The molecule has 92 valence electrons. The third-order valence-electron chi connectivity index (χ3n) is 1.87. The molecule has 0 heterocycles. The van der Waals surface area contributed by atoms with E-state index in [1.807, 2.05) is 0 Å². The fourth-order valence-corrected chi connectivity index (χ4v) is 1.31. The number of amides is 2. The maximum absolute atomic E-state index is 11.4. The molecule has 1 aromatic rings. The summed E-state index contributed by atoms with van der Waals surface area (Å²) in [6, 6.07) is 6.85. The van der Waals surface area contributed by atoms with Crippen LogP contribution in [-0.2, 0) is 9.59 Å². The van der Waals surface area contributed by atoms with E-state index in [1.165, 1.54) is 6.92 Å². The number of halogens is 1. The minimum Gasteiger partial charge on any atom is -0.392 e. The normalized spacial score (nSPS) is 11.7. The molecule has 1 rings (SSSR count). The molecule has 2 amide bonds. The molecular weight excluding hydrogens is 288 g/mol. The summed E-state index contributed by atoms with van der Waals surface area (Å²) in [5.74, 6) is -1.53.